The smallest absolute Gasteiger partial charge is 0.261 e. The van der Waals surface area contributed by atoms with Gasteiger partial charge in [-0.15, -0.1) is 0 Å². The van der Waals surface area contributed by atoms with Gasteiger partial charge in [-0.1, -0.05) is 18.6 Å². The van der Waals surface area contributed by atoms with E-state index in [9.17, 15) is 14.4 Å². The Bertz CT molecular complexity index is 837. The minimum Gasteiger partial charge on any atom is -0.323 e. The van der Waals surface area contributed by atoms with Gasteiger partial charge in [-0.3, -0.25) is 24.0 Å². The predicted octanol–water partition coefficient (Wildman–Crippen LogP) is 3.01. The summed E-state index contributed by atoms with van der Waals surface area (Å²) in [5.74, 6) is -0.497. The Balaban J connectivity index is 1.40. The Hall–Kier alpha value is -2.96. The van der Waals surface area contributed by atoms with Gasteiger partial charge in [0.2, 0.25) is 5.91 Å². The molecule has 7 heteroatoms. The minimum absolute atomic E-state index is 0.0468. The fraction of sp³-hybridized carbons (Fsp3) is 0.400. The molecule has 142 valence electrons. The van der Waals surface area contributed by atoms with E-state index in [2.05, 4.69) is 10.4 Å². The van der Waals surface area contributed by atoms with Gasteiger partial charge < -0.3 is 5.32 Å². The molecule has 0 spiro atoms. The molecule has 1 aromatic heterocycles. The number of aromatic nitrogens is 2. The average molecular weight is 368 g/mol. The number of hydrogen-bond donors (Lipinski definition) is 1. The summed E-state index contributed by atoms with van der Waals surface area (Å²) in [4.78, 5) is 37.9. The largest absolute Gasteiger partial charge is 0.323 e. The van der Waals surface area contributed by atoms with Crippen molar-refractivity contribution in [3.05, 3.63) is 47.3 Å². The quantitative estimate of drug-likeness (QED) is 0.573. The fourth-order valence-electron chi connectivity index (χ4n) is 3.28. The zero-order valence-corrected chi connectivity index (χ0v) is 15.7. The molecule has 0 saturated heterocycles. The van der Waals surface area contributed by atoms with Gasteiger partial charge in [0.1, 0.15) is 0 Å². The second-order valence-electron chi connectivity index (χ2n) is 6.63. The van der Waals surface area contributed by atoms with Gasteiger partial charge in [0.15, 0.2) is 0 Å². The van der Waals surface area contributed by atoms with Crippen LogP contribution in [0.3, 0.4) is 0 Å². The molecular weight excluding hydrogens is 344 g/mol. The highest BCUT2D eigenvalue weighted by Gasteiger charge is 2.34. The monoisotopic (exact) mass is 368 g/mol. The Morgan fingerprint density at radius 1 is 1.07 bits per heavy atom. The summed E-state index contributed by atoms with van der Waals surface area (Å²) in [6, 6.07) is 6.89. The van der Waals surface area contributed by atoms with Crippen LogP contribution < -0.4 is 5.32 Å². The van der Waals surface area contributed by atoms with E-state index >= 15 is 0 Å². The van der Waals surface area contributed by atoms with Crippen molar-refractivity contribution in [2.75, 3.05) is 11.9 Å². The van der Waals surface area contributed by atoms with Gasteiger partial charge in [-0.2, -0.15) is 5.10 Å². The Morgan fingerprint density at radius 3 is 2.33 bits per heavy atom. The lowest BCUT2D eigenvalue weighted by atomic mass is 10.1. The highest BCUT2D eigenvalue weighted by molar-refractivity contribution is 6.21. The number of fused-ring (bicyclic) bond motifs is 1. The van der Waals surface area contributed by atoms with Crippen LogP contribution in [0.2, 0.25) is 0 Å². The number of carbonyl (C=O) groups is 3. The van der Waals surface area contributed by atoms with Crippen LogP contribution in [0.15, 0.2) is 30.5 Å². The van der Waals surface area contributed by atoms with Gasteiger partial charge >= 0.3 is 0 Å². The lowest BCUT2D eigenvalue weighted by Crippen LogP contribution is -2.30. The molecular formula is C20H24N4O3. The van der Waals surface area contributed by atoms with Crippen molar-refractivity contribution in [3.63, 3.8) is 0 Å². The molecule has 0 atom stereocenters. The maximum atomic E-state index is 12.3. The van der Waals surface area contributed by atoms with Crippen LogP contribution in [0, 0.1) is 6.92 Å². The predicted molar refractivity (Wildman–Crippen MR) is 102 cm³/mol. The van der Waals surface area contributed by atoms with Crippen molar-refractivity contribution in [2.24, 2.45) is 0 Å². The molecule has 7 nitrogen and oxygen atoms in total. The lowest BCUT2D eigenvalue weighted by molar-refractivity contribution is -0.116. The van der Waals surface area contributed by atoms with Crippen molar-refractivity contribution in [1.29, 1.82) is 0 Å². The number of anilines is 1. The first kappa shape index (κ1) is 18.8. The molecule has 0 bridgehead atoms. The number of amides is 3. The van der Waals surface area contributed by atoms with Crippen molar-refractivity contribution in [1.82, 2.24) is 14.7 Å². The first-order valence-corrected chi connectivity index (χ1v) is 9.30. The SMILES string of the molecule is CCn1ncc(NC(=O)CCCCCN2C(=O)c3ccccc3C2=O)c1C. The molecule has 3 rings (SSSR count). The molecule has 1 aromatic carbocycles. The van der Waals surface area contributed by atoms with Crippen LogP contribution in [0.1, 0.15) is 59.0 Å². The first-order chi connectivity index (χ1) is 13.0. The van der Waals surface area contributed by atoms with Crippen molar-refractivity contribution in [3.8, 4) is 0 Å². The number of aryl methyl sites for hydroxylation is 1. The summed E-state index contributed by atoms with van der Waals surface area (Å²) in [5, 5.41) is 7.09. The van der Waals surface area contributed by atoms with Crippen LogP contribution in [-0.4, -0.2) is 38.9 Å². The molecule has 0 aliphatic carbocycles. The molecule has 0 radical (unpaired) electrons. The number of imide groups is 1. The number of unbranched alkanes of at least 4 members (excludes halogenated alkanes) is 2. The number of benzene rings is 1. The van der Waals surface area contributed by atoms with E-state index in [1.807, 2.05) is 18.5 Å². The third-order valence-corrected chi connectivity index (χ3v) is 4.84. The second kappa shape index (κ2) is 8.16. The lowest BCUT2D eigenvalue weighted by Gasteiger charge is -2.13. The Labute approximate surface area is 158 Å². The van der Waals surface area contributed by atoms with Crippen molar-refractivity contribution >= 4 is 23.4 Å². The van der Waals surface area contributed by atoms with E-state index in [4.69, 9.17) is 0 Å². The third kappa shape index (κ3) is 3.92. The summed E-state index contributed by atoms with van der Waals surface area (Å²) >= 11 is 0. The number of nitrogens with zero attached hydrogens (tertiary/aromatic N) is 3. The number of nitrogens with one attached hydrogen (secondary N) is 1. The van der Waals surface area contributed by atoms with E-state index in [1.54, 1.807) is 30.5 Å². The molecule has 1 aliphatic rings. The Kier molecular flexibility index (Phi) is 5.69. The molecule has 2 aromatic rings. The third-order valence-electron chi connectivity index (χ3n) is 4.84. The van der Waals surface area contributed by atoms with Gasteiger partial charge in [0.05, 0.1) is 28.7 Å². The number of hydrogen-bond acceptors (Lipinski definition) is 4. The average Bonchev–Trinajstić information content (AvgIpc) is 3.14. The topological polar surface area (TPSA) is 84.3 Å². The fourth-order valence-corrected chi connectivity index (χ4v) is 3.28. The summed E-state index contributed by atoms with van der Waals surface area (Å²) < 4.78 is 1.83. The van der Waals surface area contributed by atoms with Crippen LogP contribution in [0.5, 0.6) is 0 Å². The van der Waals surface area contributed by atoms with Gasteiger partial charge in [0, 0.05) is 19.5 Å². The van der Waals surface area contributed by atoms with Crippen LogP contribution in [0.4, 0.5) is 5.69 Å². The normalized spacial score (nSPS) is 13.2. The maximum Gasteiger partial charge on any atom is 0.261 e. The number of rotatable bonds is 8. The zero-order chi connectivity index (χ0) is 19.4. The van der Waals surface area contributed by atoms with E-state index in [0.29, 0.717) is 36.9 Å². The van der Waals surface area contributed by atoms with Crippen molar-refractivity contribution < 1.29 is 14.4 Å². The van der Waals surface area contributed by atoms with E-state index in [1.165, 1.54) is 4.90 Å². The summed E-state index contributed by atoms with van der Waals surface area (Å²) in [7, 11) is 0. The summed E-state index contributed by atoms with van der Waals surface area (Å²) in [5.41, 5.74) is 2.64. The van der Waals surface area contributed by atoms with Gasteiger partial charge in [-0.05, 0) is 38.8 Å². The van der Waals surface area contributed by atoms with E-state index in [-0.39, 0.29) is 17.7 Å². The molecule has 3 amide bonds. The standard InChI is InChI=1S/C20H24N4O3/c1-3-24-14(2)17(13-21-24)22-18(25)11-5-4-8-12-23-19(26)15-9-6-7-10-16(15)20(23)27/h6-7,9-10,13H,3-5,8,11-12H2,1-2H3,(H,22,25). The summed E-state index contributed by atoms with van der Waals surface area (Å²) in [6.45, 7) is 5.07. The molecule has 0 saturated carbocycles. The van der Waals surface area contributed by atoms with Crippen LogP contribution >= 0.6 is 0 Å². The summed E-state index contributed by atoms with van der Waals surface area (Å²) in [6.07, 6.45) is 4.23. The van der Waals surface area contributed by atoms with Gasteiger partial charge in [-0.25, -0.2) is 0 Å². The number of carbonyl (C=O) groups excluding carboxylic acids is 3. The molecule has 0 fully saturated rings. The Morgan fingerprint density at radius 2 is 1.74 bits per heavy atom. The first-order valence-electron chi connectivity index (χ1n) is 9.30. The molecule has 27 heavy (non-hydrogen) atoms. The highest BCUT2D eigenvalue weighted by atomic mass is 16.2. The van der Waals surface area contributed by atoms with Gasteiger partial charge in [0.25, 0.3) is 11.8 Å². The highest BCUT2D eigenvalue weighted by Crippen LogP contribution is 2.23. The van der Waals surface area contributed by atoms with E-state index < -0.39 is 0 Å². The minimum atomic E-state index is -0.225. The molecule has 2 heterocycles. The second-order valence-corrected chi connectivity index (χ2v) is 6.63. The molecule has 1 aliphatic heterocycles. The zero-order valence-electron chi connectivity index (χ0n) is 15.7. The van der Waals surface area contributed by atoms with Crippen molar-refractivity contribution in [2.45, 2.75) is 46.1 Å². The molecule has 1 N–H and O–H groups in total. The molecule has 0 unspecified atom stereocenters. The van der Waals surface area contributed by atoms with Crippen LogP contribution in [0.25, 0.3) is 0 Å². The van der Waals surface area contributed by atoms with Crippen LogP contribution in [-0.2, 0) is 11.3 Å². The van der Waals surface area contributed by atoms with E-state index in [0.717, 1.165) is 24.3 Å². The maximum absolute atomic E-state index is 12.3.